The zero-order valence-electron chi connectivity index (χ0n) is 11.3. The maximum atomic E-state index is 11.7. The number of nitrogens with zero attached hydrogens (tertiary/aromatic N) is 2. The molecule has 2 rings (SSSR count). The van der Waals surface area contributed by atoms with Gasteiger partial charge in [0, 0.05) is 18.3 Å². The molecule has 0 atom stereocenters. The maximum Gasteiger partial charge on any atom is 0.269 e. The predicted molar refractivity (Wildman–Crippen MR) is 76.2 cm³/mol. The highest BCUT2D eigenvalue weighted by Crippen LogP contribution is 2.17. The second kappa shape index (κ2) is 6.47. The predicted octanol–water partition coefficient (Wildman–Crippen LogP) is 2.32. The molecule has 0 aliphatic heterocycles. The lowest BCUT2D eigenvalue weighted by molar-refractivity contribution is -0.384. The van der Waals surface area contributed by atoms with Gasteiger partial charge in [0.1, 0.15) is 11.6 Å². The van der Waals surface area contributed by atoms with Crippen LogP contribution in [0.2, 0.25) is 0 Å². The number of benzene rings is 1. The van der Waals surface area contributed by atoms with E-state index in [2.05, 4.69) is 10.3 Å². The Morgan fingerprint density at radius 3 is 2.67 bits per heavy atom. The largest absolute Gasteiger partial charge is 0.484 e. The van der Waals surface area contributed by atoms with E-state index in [0.717, 1.165) is 5.56 Å². The summed E-state index contributed by atoms with van der Waals surface area (Å²) in [7, 11) is 0. The summed E-state index contributed by atoms with van der Waals surface area (Å²) in [6.07, 6.45) is 1.58. The highest BCUT2D eigenvalue weighted by atomic mass is 16.6. The molecule has 7 nitrogen and oxygen atoms in total. The van der Waals surface area contributed by atoms with Gasteiger partial charge >= 0.3 is 0 Å². The number of non-ortho nitro benzene ring substituents is 1. The number of aryl methyl sites for hydroxylation is 1. The van der Waals surface area contributed by atoms with E-state index in [0.29, 0.717) is 11.6 Å². The van der Waals surface area contributed by atoms with Crippen molar-refractivity contribution >= 4 is 17.4 Å². The molecule has 7 heteroatoms. The number of nitro groups is 1. The summed E-state index contributed by atoms with van der Waals surface area (Å²) in [5.41, 5.74) is 0.817. The van der Waals surface area contributed by atoms with Gasteiger partial charge in [-0.05, 0) is 30.7 Å². The Balaban J connectivity index is 1.89. The lowest BCUT2D eigenvalue weighted by Crippen LogP contribution is -2.21. The molecular formula is C14H13N3O4. The van der Waals surface area contributed by atoms with E-state index >= 15 is 0 Å². The van der Waals surface area contributed by atoms with E-state index in [4.69, 9.17) is 4.74 Å². The van der Waals surface area contributed by atoms with E-state index in [1.165, 1.54) is 24.3 Å². The van der Waals surface area contributed by atoms with Gasteiger partial charge in [0.15, 0.2) is 6.61 Å². The van der Waals surface area contributed by atoms with E-state index in [9.17, 15) is 14.9 Å². The first-order valence-electron chi connectivity index (χ1n) is 6.15. The normalized spacial score (nSPS) is 9.95. The first-order chi connectivity index (χ1) is 10.1. The third-order valence-electron chi connectivity index (χ3n) is 2.68. The van der Waals surface area contributed by atoms with Crippen LogP contribution in [0.3, 0.4) is 0 Å². The molecule has 1 heterocycles. The molecule has 0 saturated carbocycles. The molecule has 0 bridgehead atoms. The first-order valence-corrected chi connectivity index (χ1v) is 6.15. The fourth-order valence-corrected chi connectivity index (χ4v) is 1.60. The fraction of sp³-hybridized carbons (Fsp3) is 0.143. The van der Waals surface area contributed by atoms with Gasteiger partial charge in [0.25, 0.3) is 11.6 Å². The standard InChI is InChI=1S/C14H13N3O4/c1-10-3-2-8-15-14(10)16-13(18)9-21-12-6-4-11(5-7-12)17(19)20/h2-8H,9H2,1H3,(H,15,16,18). The minimum atomic E-state index is -0.500. The highest BCUT2D eigenvalue weighted by Gasteiger charge is 2.08. The second-order valence-corrected chi connectivity index (χ2v) is 4.26. The van der Waals surface area contributed by atoms with Crippen LogP contribution in [0.1, 0.15) is 5.56 Å². The van der Waals surface area contributed by atoms with Gasteiger partial charge in [-0.2, -0.15) is 0 Å². The Morgan fingerprint density at radius 1 is 1.33 bits per heavy atom. The minimum Gasteiger partial charge on any atom is -0.484 e. The molecule has 1 aromatic carbocycles. The number of pyridine rings is 1. The molecule has 0 spiro atoms. The second-order valence-electron chi connectivity index (χ2n) is 4.26. The van der Waals surface area contributed by atoms with Crippen molar-refractivity contribution in [2.45, 2.75) is 6.92 Å². The monoisotopic (exact) mass is 287 g/mol. The molecule has 0 aliphatic carbocycles. The topological polar surface area (TPSA) is 94.4 Å². The minimum absolute atomic E-state index is 0.0316. The van der Waals surface area contributed by atoms with Gasteiger partial charge in [0.2, 0.25) is 0 Å². The number of nitro benzene ring substituents is 1. The highest BCUT2D eigenvalue weighted by molar-refractivity contribution is 5.91. The van der Waals surface area contributed by atoms with E-state index in [1.807, 2.05) is 13.0 Å². The van der Waals surface area contributed by atoms with Crippen LogP contribution in [-0.2, 0) is 4.79 Å². The van der Waals surface area contributed by atoms with Crippen molar-refractivity contribution in [3.05, 3.63) is 58.3 Å². The average Bonchev–Trinajstić information content (AvgIpc) is 2.48. The van der Waals surface area contributed by atoms with E-state index in [1.54, 1.807) is 12.3 Å². The smallest absolute Gasteiger partial charge is 0.269 e. The van der Waals surface area contributed by atoms with Crippen LogP contribution in [0.15, 0.2) is 42.6 Å². The van der Waals surface area contributed by atoms with Crippen LogP contribution < -0.4 is 10.1 Å². The van der Waals surface area contributed by atoms with E-state index in [-0.39, 0.29) is 18.2 Å². The van der Waals surface area contributed by atoms with Crippen LogP contribution in [0.25, 0.3) is 0 Å². The zero-order valence-corrected chi connectivity index (χ0v) is 11.3. The van der Waals surface area contributed by atoms with Crippen LogP contribution in [0.5, 0.6) is 5.75 Å². The summed E-state index contributed by atoms with van der Waals surface area (Å²) in [5, 5.41) is 13.1. The number of nitrogens with one attached hydrogen (secondary N) is 1. The van der Waals surface area contributed by atoms with Gasteiger partial charge in [-0.3, -0.25) is 14.9 Å². The molecule has 2 aromatic rings. The van der Waals surface area contributed by atoms with Gasteiger partial charge in [-0.15, -0.1) is 0 Å². The number of amides is 1. The van der Waals surface area contributed by atoms with Crippen molar-refractivity contribution in [1.29, 1.82) is 0 Å². The molecule has 108 valence electrons. The molecule has 0 radical (unpaired) electrons. The molecule has 1 amide bonds. The van der Waals surface area contributed by atoms with Gasteiger partial charge < -0.3 is 10.1 Å². The third-order valence-corrected chi connectivity index (χ3v) is 2.68. The summed E-state index contributed by atoms with van der Waals surface area (Å²) in [6, 6.07) is 9.12. The molecule has 0 unspecified atom stereocenters. The van der Waals surface area contributed by atoms with Crippen molar-refractivity contribution in [2.75, 3.05) is 11.9 Å². The number of anilines is 1. The van der Waals surface area contributed by atoms with Crippen molar-refractivity contribution < 1.29 is 14.5 Å². The van der Waals surface area contributed by atoms with Gasteiger partial charge in [-0.25, -0.2) is 4.98 Å². The van der Waals surface area contributed by atoms with E-state index < -0.39 is 4.92 Å². The fourth-order valence-electron chi connectivity index (χ4n) is 1.60. The summed E-state index contributed by atoms with van der Waals surface area (Å²) in [4.78, 5) is 25.8. The Kier molecular flexibility index (Phi) is 4.45. The Hall–Kier alpha value is -2.96. The number of rotatable bonds is 5. The summed E-state index contributed by atoms with van der Waals surface area (Å²) >= 11 is 0. The van der Waals surface area contributed by atoms with Crippen LogP contribution in [0, 0.1) is 17.0 Å². The molecule has 0 fully saturated rings. The van der Waals surface area contributed by atoms with Crippen LogP contribution in [-0.4, -0.2) is 22.4 Å². The number of ether oxygens (including phenoxy) is 1. The molecule has 1 N–H and O–H groups in total. The zero-order chi connectivity index (χ0) is 15.2. The van der Waals surface area contributed by atoms with Crippen molar-refractivity contribution in [3.63, 3.8) is 0 Å². The number of hydrogen-bond donors (Lipinski definition) is 1. The maximum absolute atomic E-state index is 11.7. The van der Waals surface area contributed by atoms with Crippen LogP contribution >= 0.6 is 0 Å². The third kappa shape index (κ3) is 4.00. The van der Waals surface area contributed by atoms with Gasteiger partial charge in [0.05, 0.1) is 4.92 Å². The summed E-state index contributed by atoms with van der Waals surface area (Å²) < 4.78 is 5.25. The molecular weight excluding hydrogens is 274 g/mol. The lowest BCUT2D eigenvalue weighted by Gasteiger charge is -2.08. The average molecular weight is 287 g/mol. The molecule has 0 aliphatic rings. The Bertz CT molecular complexity index is 656. The van der Waals surface area contributed by atoms with Crippen molar-refractivity contribution in [2.24, 2.45) is 0 Å². The lowest BCUT2D eigenvalue weighted by atomic mass is 10.3. The molecule has 1 aromatic heterocycles. The summed E-state index contributed by atoms with van der Waals surface area (Å²) in [6.45, 7) is 1.63. The quantitative estimate of drug-likeness (QED) is 0.672. The summed E-state index contributed by atoms with van der Waals surface area (Å²) in [5.74, 6) is 0.512. The Labute approximate surface area is 120 Å². The van der Waals surface area contributed by atoms with Crippen LogP contribution in [0.4, 0.5) is 11.5 Å². The van der Waals surface area contributed by atoms with Crippen molar-refractivity contribution in [1.82, 2.24) is 4.98 Å². The number of carbonyl (C=O) groups is 1. The number of carbonyl (C=O) groups excluding carboxylic acids is 1. The molecule has 0 saturated heterocycles. The first kappa shape index (κ1) is 14.4. The molecule has 21 heavy (non-hydrogen) atoms. The Morgan fingerprint density at radius 2 is 2.05 bits per heavy atom. The van der Waals surface area contributed by atoms with Gasteiger partial charge in [-0.1, -0.05) is 6.07 Å². The number of aromatic nitrogens is 1. The van der Waals surface area contributed by atoms with Crippen molar-refractivity contribution in [3.8, 4) is 5.75 Å². The number of hydrogen-bond acceptors (Lipinski definition) is 5. The SMILES string of the molecule is Cc1cccnc1NC(=O)COc1ccc([N+](=O)[O-])cc1.